The van der Waals surface area contributed by atoms with Crippen LogP contribution in [0.1, 0.15) is 49.5 Å². The molecule has 0 fully saturated rings. The first-order valence-electron chi connectivity index (χ1n) is 9.47. The first kappa shape index (κ1) is 22.4. The number of nitrogens with one attached hydrogen (secondary N) is 2. The lowest BCUT2D eigenvalue weighted by atomic mass is 10.1. The molecular weight excluding hydrogens is 469 g/mol. The van der Waals surface area contributed by atoms with Crippen LogP contribution in [0.3, 0.4) is 0 Å². The fourth-order valence-electron chi connectivity index (χ4n) is 3.24. The number of fused-ring (bicyclic) bond motifs is 1. The molecule has 0 aliphatic carbocycles. The quantitative estimate of drug-likeness (QED) is 0.352. The third-order valence-corrected chi connectivity index (χ3v) is 4.59. The summed E-state index contributed by atoms with van der Waals surface area (Å²) in [6, 6.07) is 8.08. The van der Waals surface area contributed by atoms with Crippen molar-refractivity contribution in [3.05, 3.63) is 46.9 Å². The molecule has 0 amide bonds. The lowest BCUT2D eigenvalue weighted by Gasteiger charge is -2.16. The van der Waals surface area contributed by atoms with Gasteiger partial charge in [0.15, 0.2) is 5.96 Å². The minimum Gasteiger partial charge on any atom is -0.496 e. The van der Waals surface area contributed by atoms with Gasteiger partial charge in [0.1, 0.15) is 29.1 Å². The van der Waals surface area contributed by atoms with E-state index in [1.54, 1.807) is 7.11 Å². The van der Waals surface area contributed by atoms with E-state index in [1.165, 1.54) is 5.56 Å². The maximum Gasteiger partial charge on any atom is 0.192 e. The maximum absolute atomic E-state index is 5.88. The van der Waals surface area contributed by atoms with Gasteiger partial charge in [0.2, 0.25) is 0 Å². The summed E-state index contributed by atoms with van der Waals surface area (Å²) in [6.45, 7) is 9.39. The smallest absolute Gasteiger partial charge is 0.192 e. The van der Waals surface area contributed by atoms with Gasteiger partial charge in [-0.25, -0.2) is 4.99 Å². The second kappa shape index (κ2) is 10.0. The van der Waals surface area contributed by atoms with Gasteiger partial charge in [-0.1, -0.05) is 0 Å². The average Bonchev–Trinajstić information content (AvgIpc) is 3.23. The van der Waals surface area contributed by atoms with Crippen molar-refractivity contribution in [1.29, 1.82) is 0 Å². The van der Waals surface area contributed by atoms with Crippen molar-refractivity contribution in [2.45, 2.75) is 52.8 Å². The van der Waals surface area contributed by atoms with E-state index in [0.717, 1.165) is 47.5 Å². The lowest BCUT2D eigenvalue weighted by molar-refractivity contribution is 0.254. The zero-order valence-electron chi connectivity index (χ0n) is 17.2. The average molecular weight is 499 g/mol. The standard InChI is InChI=1S/C21H29N3O3.HI/c1-6-22-21(24-15(4)18-8-7-13(2)26-18)23-12-17-11-20-16(9-14(3)27-20)10-19(17)25-5;/h7-8,10-11,14-15H,6,9,12H2,1-5H3,(H2,22,23,24);1H. The lowest BCUT2D eigenvalue weighted by Crippen LogP contribution is -2.38. The number of ether oxygens (including phenoxy) is 2. The van der Waals surface area contributed by atoms with Crippen LogP contribution in [-0.4, -0.2) is 25.7 Å². The van der Waals surface area contributed by atoms with Crippen LogP contribution in [0.15, 0.2) is 33.7 Å². The third-order valence-electron chi connectivity index (χ3n) is 4.59. The largest absolute Gasteiger partial charge is 0.496 e. The number of aliphatic imine (C=N–C) groups is 1. The van der Waals surface area contributed by atoms with Crippen LogP contribution >= 0.6 is 24.0 Å². The van der Waals surface area contributed by atoms with Crippen LogP contribution < -0.4 is 20.1 Å². The summed E-state index contributed by atoms with van der Waals surface area (Å²) in [7, 11) is 1.69. The van der Waals surface area contributed by atoms with Crippen LogP contribution in [0, 0.1) is 6.92 Å². The third kappa shape index (κ3) is 5.33. The van der Waals surface area contributed by atoms with Crippen molar-refractivity contribution in [2.24, 2.45) is 4.99 Å². The molecule has 2 aromatic rings. The van der Waals surface area contributed by atoms with Crippen LogP contribution in [0.5, 0.6) is 11.5 Å². The van der Waals surface area contributed by atoms with Gasteiger partial charge in [0.25, 0.3) is 0 Å². The first-order chi connectivity index (χ1) is 13.0. The minimum absolute atomic E-state index is 0. The first-order valence-corrected chi connectivity index (χ1v) is 9.47. The van der Waals surface area contributed by atoms with E-state index in [4.69, 9.17) is 18.9 Å². The van der Waals surface area contributed by atoms with Gasteiger partial charge < -0.3 is 24.5 Å². The second-order valence-electron chi connectivity index (χ2n) is 6.91. The highest BCUT2D eigenvalue weighted by atomic mass is 127. The molecule has 6 nitrogen and oxygen atoms in total. The van der Waals surface area contributed by atoms with E-state index in [-0.39, 0.29) is 36.1 Å². The Bertz CT molecular complexity index is 819. The zero-order chi connectivity index (χ0) is 19.4. The van der Waals surface area contributed by atoms with Crippen molar-refractivity contribution in [1.82, 2.24) is 10.6 Å². The molecule has 1 aliphatic heterocycles. The Morgan fingerprint density at radius 2 is 2.14 bits per heavy atom. The van der Waals surface area contributed by atoms with Gasteiger partial charge in [-0.15, -0.1) is 24.0 Å². The molecule has 3 rings (SSSR count). The number of rotatable bonds is 6. The maximum atomic E-state index is 5.88. The fourth-order valence-corrected chi connectivity index (χ4v) is 3.24. The molecule has 2 atom stereocenters. The number of aryl methyl sites for hydroxylation is 1. The summed E-state index contributed by atoms with van der Waals surface area (Å²) in [5, 5.41) is 6.67. The van der Waals surface area contributed by atoms with E-state index >= 15 is 0 Å². The van der Waals surface area contributed by atoms with Gasteiger partial charge in [0.05, 0.1) is 19.7 Å². The SMILES string of the molecule is CCNC(=NCc1cc2c(cc1OC)CC(C)O2)NC(C)c1ccc(C)o1.I. The van der Waals surface area contributed by atoms with Gasteiger partial charge in [0, 0.05) is 24.1 Å². The molecular formula is C21H30IN3O3. The Morgan fingerprint density at radius 1 is 1.36 bits per heavy atom. The Balaban J connectivity index is 0.00000280. The summed E-state index contributed by atoms with van der Waals surface area (Å²) < 4.78 is 17.2. The van der Waals surface area contributed by atoms with Gasteiger partial charge in [-0.05, 0) is 52.0 Å². The molecule has 7 heteroatoms. The molecule has 28 heavy (non-hydrogen) atoms. The highest BCUT2D eigenvalue weighted by Crippen LogP contribution is 2.35. The van der Waals surface area contributed by atoms with Crippen LogP contribution in [-0.2, 0) is 13.0 Å². The van der Waals surface area contributed by atoms with Crippen molar-refractivity contribution < 1.29 is 13.9 Å². The summed E-state index contributed by atoms with van der Waals surface area (Å²) in [6.07, 6.45) is 1.12. The summed E-state index contributed by atoms with van der Waals surface area (Å²) >= 11 is 0. The van der Waals surface area contributed by atoms with Crippen LogP contribution in [0.25, 0.3) is 0 Å². The van der Waals surface area contributed by atoms with E-state index in [9.17, 15) is 0 Å². The molecule has 0 spiro atoms. The van der Waals surface area contributed by atoms with Gasteiger partial charge >= 0.3 is 0 Å². The van der Waals surface area contributed by atoms with E-state index in [0.29, 0.717) is 6.54 Å². The van der Waals surface area contributed by atoms with E-state index in [1.807, 2.05) is 32.0 Å². The fraction of sp³-hybridized carbons (Fsp3) is 0.476. The molecule has 1 aromatic heterocycles. The predicted octanol–water partition coefficient (Wildman–Crippen LogP) is 4.35. The molecule has 1 aliphatic rings. The monoisotopic (exact) mass is 499 g/mol. The molecule has 2 unspecified atom stereocenters. The van der Waals surface area contributed by atoms with E-state index in [2.05, 4.69) is 30.5 Å². The highest BCUT2D eigenvalue weighted by Gasteiger charge is 2.21. The Labute approximate surface area is 184 Å². The van der Waals surface area contributed by atoms with Crippen molar-refractivity contribution >= 4 is 29.9 Å². The van der Waals surface area contributed by atoms with Crippen molar-refractivity contribution in [3.8, 4) is 11.5 Å². The molecule has 0 saturated carbocycles. The number of benzene rings is 1. The topological polar surface area (TPSA) is 68.0 Å². The number of methoxy groups -OCH3 is 1. The molecule has 2 N–H and O–H groups in total. The van der Waals surface area contributed by atoms with Crippen LogP contribution in [0.2, 0.25) is 0 Å². The number of nitrogens with zero attached hydrogens (tertiary/aromatic N) is 1. The summed E-state index contributed by atoms with van der Waals surface area (Å²) in [5.41, 5.74) is 2.20. The molecule has 2 heterocycles. The summed E-state index contributed by atoms with van der Waals surface area (Å²) in [5.74, 6) is 4.30. The number of guanidine groups is 1. The number of hydrogen-bond acceptors (Lipinski definition) is 4. The molecule has 0 radical (unpaired) electrons. The predicted molar refractivity (Wildman–Crippen MR) is 122 cm³/mol. The van der Waals surface area contributed by atoms with Crippen LogP contribution in [0.4, 0.5) is 0 Å². The Morgan fingerprint density at radius 3 is 2.79 bits per heavy atom. The molecule has 1 aromatic carbocycles. The number of furan rings is 1. The molecule has 0 bridgehead atoms. The van der Waals surface area contributed by atoms with E-state index < -0.39 is 0 Å². The minimum atomic E-state index is 0. The molecule has 154 valence electrons. The number of halogens is 1. The summed E-state index contributed by atoms with van der Waals surface area (Å²) in [4.78, 5) is 4.73. The van der Waals surface area contributed by atoms with Gasteiger partial charge in [-0.3, -0.25) is 0 Å². The number of hydrogen-bond donors (Lipinski definition) is 2. The van der Waals surface area contributed by atoms with Crippen molar-refractivity contribution in [2.75, 3.05) is 13.7 Å². The Hall–Kier alpha value is -1.90. The van der Waals surface area contributed by atoms with Crippen molar-refractivity contribution in [3.63, 3.8) is 0 Å². The second-order valence-corrected chi connectivity index (χ2v) is 6.91. The van der Waals surface area contributed by atoms with Gasteiger partial charge in [-0.2, -0.15) is 0 Å². The normalized spacial score (nSPS) is 16.6. The Kier molecular flexibility index (Phi) is 8.03. The molecule has 0 saturated heterocycles. The zero-order valence-corrected chi connectivity index (χ0v) is 19.5. The highest BCUT2D eigenvalue weighted by molar-refractivity contribution is 14.0.